The molecule has 118 valence electrons. The molecule has 0 amide bonds. The van der Waals surface area contributed by atoms with Gasteiger partial charge in [0.1, 0.15) is 5.69 Å². The van der Waals surface area contributed by atoms with E-state index in [4.69, 9.17) is 0 Å². The second kappa shape index (κ2) is 5.03. The second-order valence-corrected chi connectivity index (χ2v) is 6.46. The van der Waals surface area contributed by atoms with Gasteiger partial charge in [0.2, 0.25) is 0 Å². The number of nitrogens with zero attached hydrogens (tertiary/aromatic N) is 3. The van der Waals surface area contributed by atoms with Crippen LogP contribution in [-0.4, -0.2) is 25.4 Å². The van der Waals surface area contributed by atoms with Gasteiger partial charge in [-0.2, -0.15) is 10.2 Å². The lowest BCUT2D eigenvalue weighted by molar-refractivity contribution is 0.954. The van der Waals surface area contributed by atoms with Gasteiger partial charge in [-0.25, -0.2) is 0 Å². The number of benzene rings is 1. The highest BCUT2D eigenvalue weighted by Gasteiger charge is 2.30. The van der Waals surface area contributed by atoms with Crippen molar-refractivity contribution >= 4 is 10.9 Å². The van der Waals surface area contributed by atoms with Gasteiger partial charge >= 0.3 is 0 Å². The lowest BCUT2D eigenvalue weighted by Gasteiger charge is -2.04. The number of pyridine rings is 1. The lowest BCUT2D eigenvalue weighted by atomic mass is 9.99. The van der Waals surface area contributed by atoms with Gasteiger partial charge in [-0.15, -0.1) is 0 Å². The Morgan fingerprint density at radius 2 is 1.96 bits per heavy atom. The smallest absolute Gasteiger partial charge is 0.101 e. The highest BCUT2D eigenvalue weighted by molar-refractivity contribution is 5.95. The van der Waals surface area contributed by atoms with Crippen LogP contribution in [-0.2, 0) is 0 Å². The Bertz CT molecular complexity index is 1020. The van der Waals surface area contributed by atoms with E-state index in [1.165, 1.54) is 29.7 Å². The average molecular weight is 315 g/mol. The van der Waals surface area contributed by atoms with Gasteiger partial charge in [0.05, 0.1) is 11.2 Å². The quantitative estimate of drug-likeness (QED) is 0.595. The van der Waals surface area contributed by atoms with E-state index >= 15 is 0 Å². The zero-order chi connectivity index (χ0) is 16.1. The van der Waals surface area contributed by atoms with Crippen molar-refractivity contribution in [2.24, 2.45) is 0 Å². The Morgan fingerprint density at radius 3 is 2.75 bits per heavy atom. The summed E-state index contributed by atoms with van der Waals surface area (Å²) in [6.07, 6.45) is 6.11. The van der Waals surface area contributed by atoms with Gasteiger partial charge in [-0.1, -0.05) is 6.07 Å². The van der Waals surface area contributed by atoms with Gasteiger partial charge in [-0.3, -0.25) is 15.2 Å². The molecule has 1 aliphatic carbocycles. The minimum Gasteiger partial charge on any atom is -0.282 e. The van der Waals surface area contributed by atoms with E-state index in [1.54, 1.807) is 6.20 Å². The molecule has 0 spiro atoms. The summed E-state index contributed by atoms with van der Waals surface area (Å²) < 4.78 is 0. The summed E-state index contributed by atoms with van der Waals surface area (Å²) in [6, 6.07) is 10.4. The predicted octanol–water partition coefficient (Wildman–Crippen LogP) is 4.20. The molecule has 3 heterocycles. The number of nitrogens with one attached hydrogen (secondary N) is 2. The minimum atomic E-state index is 0.619. The molecule has 1 fully saturated rings. The molecule has 0 atom stereocenters. The molecule has 24 heavy (non-hydrogen) atoms. The van der Waals surface area contributed by atoms with Crippen molar-refractivity contribution in [1.82, 2.24) is 25.4 Å². The Balaban J connectivity index is 1.64. The fraction of sp³-hybridized carbons (Fsp3) is 0.211. The topological polar surface area (TPSA) is 70.2 Å². The summed E-state index contributed by atoms with van der Waals surface area (Å²) in [5.74, 6) is 0.619. The van der Waals surface area contributed by atoms with Gasteiger partial charge in [0.15, 0.2) is 0 Å². The van der Waals surface area contributed by atoms with E-state index in [-0.39, 0.29) is 0 Å². The highest BCUT2D eigenvalue weighted by Crippen LogP contribution is 2.44. The number of aromatic amines is 2. The first-order chi connectivity index (χ1) is 11.8. The largest absolute Gasteiger partial charge is 0.282 e. The molecule has 3 aromatic heterocycles. The molecule has 0 radical (unpaired) electrons. The first-order valence-electron chi connectivity index (χ1n) is 8.25. The molecule has 0 aliphatic heterocycles. The van der Waals surface area contributed by atoms with Crippen LogP contribution < -0.4 is 0 Å². The van der Waals surface area contributed by atoms with Gasteiger partial charge in [0.25, 0.3) is 0 Å². The third kappa shape index (κ3) is 2.05. The van der Waals surface area contributed by atoms with Crippen molar-refractivity contribution < 1.29 is 0 Å². The van der Waals surface area contributed by atoms with Crippen LogP contribution in [0.5, 0.6) is 0 Å². The predicted molar refractivity (Wildman–Crippen MR) is 93.6 cm³/mol. The van der Waals surface area contributed by atoms with Gasteiger partial charge in [0, 0.05) is 40.5 Å². The van der Waals surface area contributed by atoms with Gasteiger partial charge < -0.3 is 0 Å². The van der Waals surface area contributed by atoms with E-state index in [9.17, 15) is 0 Å². The molecular formula is C19H17N5. The number of aryl methyl sites for hydroxylation is 1. The summed E-state index contributed by atoms with van der Waals surface area (Å²) in [6.45, 7) is 2.09. The summed E-state index contributed by atoms with van der Waals surface area (Å²) in [7, 11) is 0. The SMILES string of the molecule is Cc1[nH]nc(C2CC2)c1-c1ccc2c(-c3cccnc3)n[nH]c2c1. The van der Waals surface area contributed by atoms with E-state index < -0.39 is 0 Å². The molecule has 0 unspecified atom stereocenters. The molecule has 1 saturated carbocycles. The monoisotopic (exact) mass is 315 g/mol. The van der Waals surface area contributed by atoms with Crippen molar-refractivity contribution in [3.05, 3.63) is 54.1 Å². The number of hydrogen-bond acceptors (Lipinski definition) is 3. The molecule has 5 heteroatoms. The number of H-pyrrole nitrogens is 2. The number of fused-ring (bicyclic) bond motifs is 1. The first kappa shape index (κ1) is 13.5. The first-order valence-corrected chi connectivity index (χ1v) is 8.25. The summed E-state index contributed by atoms with van der Waals surface area (Å²) in [5.41, 5.74) is 7.77. The van der Waals surface area contributed by atoms with Crippen LogP contribution in [0.25, 0.3) is 33.3 Å². The van der Waals surface area contributed by atoms with E-state index in [0.29, 0.717) is 5.92 Å². The fourth-order valence-electron chi connectivity index (χ4n) is 3.36. The Hall–Kier alpha value is -2.95. The molecule has 4 aromatic rings. The standard InChI is InChI=1S/C19H17N5/c1-11-17(19(24-21-11)12-4-5-12)13-6-7-15-16(9-13)22-23-18(15)14-3-2-8-20-10-14/h2-3,6-10,12H,4-5H2,1H3,(H,21,24)(H,22,23). The average Bonchev–Trinajstić information content (AvgIpc) is 3.26. The maximum atomic E-state index is 4.53. The zero-order valence-corrected chi connectivity index (χ0v) is 13.4. The van der Waals surface area contributed by atoms with Crippen LogP contribution in [0.1, 0.15) is 30.1 Å². The Morgan fingerprint density at radius 1 is 1.04 bits per heavy atom. The Kier molecular flexibility index (Phi) is 2.82. The van der Waals surface area contributed by atoms with Crippen LogP contribution in [0, 0.1) is 6.92 Å². The molecular weight excluding hydrogens is 298 g/mol. The lowest BCUT2D eigenvalue weighted by Crippen LogP contribution is -1.86. The van der Waals surface area contributed by atoms with Gasteiger partial charge in [-0.05, 0) is 49.6 Å². The van der Waals surface area contributed by atoms with Crippen molar-refractivity contribution in [3.8, 4) is 22.4 Å². The van der Waals surface area contributed by atoms with Crippen LogP contribution in [0.2, 0.25) is 0 Å². The van der Waals surface area contributed by atoms with Crippen molar-refractivity contribution in [3.63, 3.8) is 0 Å². The number of hydrogen-bond donors (Lipinski definition) is 2. The number of rotatable bonds is 3. The maximum absolute atomic E-state index is 4.53. The van der Waals surface area contributed by atoms with Crippen molar-refractivity contribution in [1.29, 1.82) is 0 Å². The van der Waals surface area contributed by atoms with E-state index in [1.807, 2.05) is 18.3 Å². The third-order valence-electron chi connectivity index (χ3n) is 4.73. The summed E-state index contributed by atoms with van der Waals surface area (Å²) in [5, 5.41) is 16.4. The third-order valence-corrected chi connectivity index (χ3v) is 4.73. The molecule has 0 saturated heterocycles. The molecule has 1 aromatic carbocycles. The minimum absolute atomic E-state index is 0.619. The Labute approximate surface area is 139 Å². The summed E-state index contributed by atoms with van der Waals surface area (Å²) >= 11 is 0. The summed E-state index contributed by atoms with van der Waals surface area (Å²) in [4.78, 5) is 4.19. The molecule has 0 bridgehead atoms. The van der Waals surface area contributed by atoms with Crippen molar-refractivity contribution in [2.75, 3.05) is 0 Å². The van der Waals surface area contributed by atoms with Crippen LogP contribution in [0.3, 0.4) is 0 Å². The molecule has 5 rings (SSSR count). The zero-order valence-electron chi connectivity index (χ0n) is 13.4. The normalized spacial score (nSPS) is 14.4. The second-order valence-electron chi connectivity index (χ2n) is 6.46. The molecule has 5 nitrogen and oxygen atoms in total. The van der Waals surface area contributed by atoms with E-state index in [2.05, 4.69) is 50.5 Å². The fourth-order valence-corrected chi connectivity index (χ4v) is 3.36. The van der Waals surface area contributed by atoms with E-state index in [0.717, 1.165) is 27.9 Å². The highest BCUT2D eigenvalue weighted by atomic mass is 15.1. The van der Waals surface area contributed by atoms with Crippen LogP contribution in [0.15, 0.2) is 42.7 Å². The van der Waals surface area contributed by atoms with Crippen LogP contribution in [0.4, 0.5) is 0 Å². The maximum Gasteiger partial charge on any atom is 0.101 e. The number of aromatic nitrogens is 5. The molecule has 2 N–H and O–H groups in total. The van der Waals surface area contributed by atoms with Crippen LogP contribution >= 0.6 is 0 Å². The molecule has 1 aliphatic rings. The van der Waals surface area contributed by atoms with Crippen molar-refractivity contribution in [2.45, 2.75) is 25.7 Å².